The third kappa shape index (κ3) is 4.24. The van der Waals surface area contributed by atoms with Crippen LogP contribution in [0.4, 0.5) is 0 Å². The molecule has 5 heteroatoms. The molecule has 34 heavy (non-hydrogen) atoms. The van der Waals surface area contributed by atoms with E-state index in [4.69, 9.17) is 14.3 Å². The van der Waals surface area contributed by atoms with E-state index in [2.05, 4.69) is 76.6 Å². The molecule has 0 radical (unpaired) electrons. The number of hydrogen-bond acceptors (Lipinski definition) is 3. The zero-order chi connectivity index (χ0) is 23.5. The highest BCUT2D eigenvalue weighted by Crippen LogP contribution is 2.35. The fourth-order valence-corrected chi connectivity index (χ4v) is 4.49. The van der Waals surface area contributed by atoms with Gasteiger partial charge >= 0.3 is 0 Å². The molecule has 5 rings (SSSR count). The Hall–Kier alpha value is -3.44. The van der Waals surface area contributed by atoms with Gasteiger partial charge < -0.3 is 14.3 Å². The zero-order valence-corrected chi connectivity index (χ0v) is 20.8. The molecule has 0 atom stereocenters. The van der Waals surface area contributed by atoms with Crippen LogP contribution in [0.15, 0.2) is 84.9 Å². The fourth-order valence-electron chi connectivity index (χ4n) is 4.26. The number of nitrogens with zero attached hydrogens (tertiary/aromatic N) is 1. The normalized spacial score (nSPS) is 11.1. The van der Waals surface area contributed by atoms with E-state index in [0.717, 1.165) is 67.3 Å². The maximum absolute atomic E-state index is 6.22. The van der Waals surface area contributed by atoms with E-state index in [-0.39, 0.29) is 0 Å². The highest BCUT2D eigenvalue weighted by molar-refractivity contribution is 9.09. The molecule has 1 heterocycles. The molecule has 172 valence electrons. The smallest absolute Gasteiger partial charge is 0.118 e. The molecule has 0 aliphatic carbocycles. The highest BCUT2D eigenvalue weighted by Gasteiger charge is 2.14. The van der Waals surface area contributed by atoms with Gasteiger partial charge in [0.15, 0.2) is 0 Å². The maximum Gasteiger partial charge on any atom is 0.118 e. The molecule has 0 aliphatic rings. The van der Waals surface area contributed by atoms with E-state index in [1.54, 1.807) is 14.2 Å². The van der Waals surface area contributed by atoms with E-state index in [9.17, 15) is 0 Å². The molecule has 0 saturated heterocycles. The van der Waals surface area contributed by atoms with Crippen molar-refractivity contribution in [1.82, 2.24) is 4.73 Å². The summed E-state index contributed by atoms with van der Waals surface area (Å²) < 4.78 is 12.6. The summed E-state index contributed by atoms with van der Waals surface area (Å²) in [7, 11) is 3.37. The van der Waals surface area contributed by atoms with Crippen molar-refractivity contribution >= 4 is 37.7 Å². The molecule has 4 aromatic carbocycles. The van der Waals surface area contributed by atoms with Gasteiger partial charge in [0.25, 0.3) is 0 Å². The van der Waals surface area contributed by atoms with Crippen LogP contribution < -0.4 is 14.3 Å². The molecule has 1 aromatic heterocycles. The number of ether oxygens (including phenoxy) is 2. The summed E-state index contributed by atoms with van der Waals surface area (Å²) in [6.45, 7) is 0.643. The lowest BCUT2D eigenvalue weighted by Gasteiger charge is -2.10. The standard InChI is InChI=1S/C29H26BrNO3/c1-32-24-10-4-20(5-11-24)22-8-14-28-26(18-22)27-19-23(21-6-12-25(33-2)13-7-21)9-15-29(27)31(28)34-17-3-16-30/h4-15,18-19H,3,16-17H2,1-2H3. The zero-order valence-electron chi connectivity index (χ0n) is 19.3. The van der Waals surface area contributed by atoms with Gasteiger partial charge in [-0.1, -0.05) is 52.3 Å². The summed E-state index contributed by atoms with van der Waals surface area (Å²) in [4.78, 5) is 6.22. The van der Waals surface area contributed by atoms with Crippen molar-refractivity contribution in [1.29, 1.82) is 0 Å². The quantitative estimate of drug-likeness (QED) is 0.160. The Morgan fingerprint density at radius 3 is 1.47 bits per heavy atom. The van der Waals surface area contributed by atoms with E-state index in [1.807, 2.05) is 29.0 Å². The molecule has 0 saturated carbocycles. The molecule has 0 N–H and O–H groups in total. The maximum atomic E-state index is 6.22. The molecule has 0 fully saturated rings. The number of fused-ring (bicyclic) bond motifs is 3. The van der Waals surface area contributed by atoms with Crippen molar-refractivity contribution in [3.8, 4) is 33.8 Å². The van der Waals surface area contributed by atoms with E-state index < -0.39 is 0 Å². The third-order valence-corrected chi connectivity index (χ3v) is 6.63. The van der Waals surface area contributed by atoms with E-state index in [1.165, 1.54) is 0 Å². The second-order valence-corrected chi connectivity index (χ2v) is 8.88. The van der Waals surface area contributed by atoms with Crippen molar-refractivity contribution in [2.45, 2.75) is 6.42 Å². The summed E-state index contributed by atoms with van der Waals surface area (Å²) in [6, 6.07) is 29.4. The van der Waals surface area contributed by atoms with Gasteiger partial charge in [0.1, 0.15) is 18.1 Å². The van der Waals surface area contributed by atoms with Crippen LogP contribution in [0.3, 0.4) is 0 Å². The number of rotatable bonds is 8. The van der Waals surface area contributed by atoms with Crippen molar-refractivity contribution < 1.29 is 14.3 Å². The summed E-state index contributed by atoms with van der Waals surface area (Å²) >= 11 is 3.50. The first-order chi connectivity index (χ1) is 16.7. The van der Waals surface area contributed by atoms with Crippen molar-refractivity contribution in [3.63, 3.8) is 0 Å². The Morgan fingerprint density at radius 2 is 1.06 bits per heavy atom. The Kier molecular flexibility index (Phi) is 6.45. The Morgan fingerprint density at radius 1 is 0.618 bits per heavy atom. The Balaban J connectivity index is 1.66. The second kappa shape index (κ2) is 9.82. The molecule has 0 spiro atoms. The molecule has 4 nitrogen and oxygen atoms in total. The minimum absolute atomic E-state index is 0.643. The first-order valence-corrected chi connectivity index (χ1v) is 12.4. The summed E-state index contributed by atoms with van der Waals surface area (Å²) in [5, 5.41) is 3.24. The van der Waals surface area contributed by atoms with Gasteiger partial charge in [-0.25, -0.2) is 0 Å². The lowest BCUT2D eigenvalue weighted by atomic mass is 10.00. The predicted molar refractivity (Wildman–Crippen MR) is 143 cm³/mol. The van der Waals surface area contributed by atoms with Crippen LogP contribution in [0.1, 0.15) is 6.42 Å². The van der Waals surface area contributed by atoms with Gasteiger partial charge in [0, 0.05) is 16.1 Å². The number of methoxy groups -OCH3 is 2. The van der Waals surface area contributed by atoms with Crippen LogP contribution >= 0.6 is 15.9 Å². The van der Waals surface area contributed by atoms with Gasteiger partial charge in [0.05, 0.1) is 25.3 Å². The van der Waals surface area contributed by atoms with Crippen molar-refractivity contribution in [3.05, 3.63) is 84.9 Å². The lowest BCUT2D eigenvalue weighted by molar-refractivity contribution is 0.131. The van der Waals surface area contributed by atoms with Crippen LogP contribution in [0.2, 0.25) is 0 Å². The minimum atomic E-state index is 0.643. The molecule has 0 aliphatic heterocycles. The average molecular weight is 516 g/mol. The number of alkyl halides is 1. The van der Waals surface area contributed by atoms with Gasteiger partial charge in [-0.3, -0.25) is 0 Å². The topological polar surface area (TPSA) is 32.6 Å². The number of aromatic nitrogens is 1. The summed E-state index contributed by atoms with van der Waals surface area (Å²) in [5.74, 6) is 1.71. The number of halogens is 1. The highest BCUT2D eigenvalue weighted by atomic mass is 79.9. The minimum Gasteiger partial charge on any atom is -0.497 e. The summed E-state index contributed by atoms with van der Waals surface area (Å²) in [5.41, 5.74) is 6.74. The predicted octanol–water partition coefficient (Wildman–Crippen LogP) is 7.36. The molecule has 0 amide bonds. The molecular weight excluding hydrogens is 490 g/mol. The Labute approximate surface area is 207 Å². The largest absolute Gasteiger partial charge is 0.497 e. The second-order valence-electron chi connectivity index (χ2n) is 8.09. The molecule has 0 unspecified atom stereocenters. The third-order valence-electron chi connectivity index (χ3n) is 6.07. The molecule has 5 aromatic rings. The van der Waals surface area contributed by atoms with Gasteiger partial charge in [0.2, 0.25) is 0 Å². The van der Waals surface area contributed by atoms with Crippen LogP contribution in [0.25, 0.3) is 44.1 Å². The monoisotopic (exact) mass is 515 g/mol. The van der Waals surface area contributed by atoms with E-state index >= 15 is 0 Å². The van der Waals surface area contributed by atoms with Gasteiger partial charge in [-0.2, -0.15) is 4.73 Å². The first kappa shape index (κ1) is 22.4. The van der Waals surface area contributed by atoms with E-state index in [0.29, 0.717) is 6.61 Å². The van der Waals surface area contributed by atoms with Crippen molar-refractivity contribution in [2.75, 3.05) is 26.2 Å². The molecular formula is C29H26BrNO3. The van der Waals surface area contributed by atoms with Crippen LogP contribution in [0.5, 0.6) is 11.5 Å². The average Bonchev–Trinajstić information content (AvgIpc) is 3.21. The molecule has 0 bridgehead atoms. The number of hydrogen-bond donors (Lipinski definition) is 0. The van der Waals surface area contributed by atoms with Gasteiger partial charge in [-0.05, 0) is 77.2 Å². The van der Waals surface area contributed by atoms with Crippen LogP contribution in [0, 0.1) is 0 Å². The van der Waals surface area contributed by atoms with Crippen LogP contribution in [-0.2, 0) is 0 Å². The fraction of sp³-hybridized carbons (Fsp3) is 0.172. The summed E-state index contributed by atoms with van der Waals surface area (Å²) in [6.07, 6.45) is 0.940. The van der Waals surface area contributed by atoms with Gasteiger partial charge in [-0.15, -0.1) is 0 Å². The van der Waals surface area contributed by atoms with Crippen LogP contribution in [-0.4, -0.2) is 30.9 Å². The lowest BCUT2D eigenvalue weighted by Crippen LogP contribution is -2.12. The first-order valence-electron chi connectivity index (χ1n) is 11.3. The SMILES string of the molecule is COc1ccc(-c2ccc3c(c2)c2cc(-c4ccc(OC)cc4)ccc2n3OCCCBr)cc1. The Bertz CT molecular complexity index is 1320. The number of benzene rings is 4. The van der Waals surface area contributed by atoms with Crippen molar-refractivity contribution in [2.24, 2.45) is 0 Å².